The van der Waals surface area contributed by atoms with Crippen LogP contribution in [0, 0.1) is 17.1 Å². The van der Waals surface area contributed by atoms with E-state index in [4.69, 9.17) is 5.73 Å². The molecule has 0 fully saturated rings. The molecule has 0 saturated heterocycles. The Bertz CT molecular complexity index is 1490. The first-order valence-corrected chi connectivity index (χ1v) is 11.1. The molecule has 0 saturated carbocycles. The zero-order valence-electron chi connectivity index (χ0n) is 18.6. The second kappa shape index (κ2) is 8.91. The summed E-state index contributed by atoms with van der Waals surface area (Å²) in [5.41, 5.74) is 11.9. The molecule has 2 heterocycles. The average Bonchev–Trinajstić information content (AvgIpc) is 2.86. The van der Waals surface area contributed by atoms with Crippen molar-refractivity contribution in [1.82, 2.24) is 15.2 Å². The van der Waals surface area contributed by atoms with E-state index in [-0.39, 0.29) is 29.2 Å². The number of Topliss-reactive ketones (excluding diaryl/α,β-unsaturated/α-hetero) is 1. The number of hydrazine groups is 1. The quantitative estimate of drug-likeness (QED) is 0.533. The molecule has 0 bridgehead atoms. The number of carbonyl (C=O) groups is 1. The Morgan fingerprint density at radius 1 is 1.11 bits per heavy atom. The zero-order chi connectivity index (χ0) is 24.5. The van der Waals surface area contributed by atoms with Crippen LogP contribution < -0.4 is 16.7 Å². The summed E-state index contributed by atoms with van der Waals surface area (Å²) >= 11 is 0. The molecule has 2 aromatic carbocycles. The summed E-state index contributed by atoms with van der Waals surface area (Å²) in [4.78, 5) is 25.3. The predicted molar refractivity (Wildman–Crippen MR) is 128 cm³/mol. The number of rotatable bonds is 4. The molecule has 4 N–H and O–H groups in total. The molecular weight excluding hydrogens is 447 g/mol. The lowest BCUT2D eigenvalue weighted by Gasteiger charge is -2.40. The fourth-order valence-electron chi connectivity index (χ4n) is 4.66. The van der Waals surface area contributed by atoms with Crippen molar-refractivity contribution in [3.63, 3.8) is 0 Å². The molecular formula is C26H21FN6O2. The molecule has 0 amide bonds. The second-order valence-electron chi connectivity index (χ2n) is 8.31. The van der Waals surface area contributed by atoms with Crippen molar-refractivity contribution in [2.24, 2.45) is 5.73 Å². The summed E-state index contributed by atoms with van der Waals surface area (Å²) in [6, 6.07) is 18.7. The van der Waals surface area contributed by atoms with E-state index in [0.717, 1.165) is 5.56 Å². The second-order valence-corrected chi connectivity index (χ2v) is 8.31. The van der Waals surface area contributed by atoms with E-state index in [1.807, 2.05) is 30.3 Å². The number of anilines is 1. The maximum absolute atomic E-state index is 14.8. The molecule has 0 spiro atoms. The first kappa shape index (κ1) is 22.1. The standard InChI is InChI=1S/C26H21FN6O2/c27-18-10-5-4-9-16(18)23-17(14-28)26(29)33(20-11-6-12-21(34)24(20)23)32-19-13-22(35)30-31-25(19)15-7-2-1-3-8-15/h1-5,7-10,13,23H,6,11-12,29H2,(H2,30,32,35)/t23-/m0/s1. The van der Waals surface area contributed by atoms with Crippen molar-refractivity contribution in [2.75, 3.05) is 5.43 Å². The zero-order valence-corrected chi connectivity index (χ0v) is 18.6. The van der Waals surface area contributed by atoms with Crippen LogP contribution in [0.2, 0.25) is 0 Å². The van der Waals surface area contributed by atoms with Crippen molar-refractivity contribution >= 4 is 11.5 Å². The van der Waals surface area contributed by atoms with E-state index in [0.29, 0.717) is 35.5 Å². The number of allylic oxidation sites excluding steroid dienone is 3. The number of halogens is 1. The summed E-state index contributed by atoms with van der Waals surface area (Å²) in [5, 5.41) is 18.1. The maximum Gasteiger partial charge on any atom is 0.266 e. The van der Waals surface area contributed by atoms with Crippen molar-refractivity contribution < 1.29 is 9.18 Å². The fraction of sp³-hybridized carbons (Fsp3) is 0.154. The maximum atomic E-state index is 14.8. The number of aromatic nitrogens is 2. The van der Waals surface area contributed by atoms with Crippen LogP contribution in [0.3, 0.4) is 0 Å². The van der Waals surface area contributed by atoms with Crippen LogP contribution in [0.1, 0.15) is 30.7 Å². The number of nitrogens with one attached hydrogen (secondary N) is 2. The molecule has 174 valence electrons. The van der Waals surface area contributed by atoms with Crippen LogP contribution in [-0.2, 0) is 4.79 Å². The summed E-state index contributed by atoms with van der Waals surface area (Å²) in [5.74, 6) is -1.56. The molecule has 0 radical (unpaired) electrons. The number of hydrogen-bond donors (Lipinski definition) is 3. The van der Waals surface area contributed by atoms with Gasteiger partial charge in [0.15, 0.2) is 5.78 Å². The molecule has 8 nitrogen and oxygen atoms in total. The van der Waals surface area contributed by atoms with Crippen LogP contribution in [0.15, 0.2) is 88.1 Å². The minimum atomic E-state index is -0.909. The van der Waals surface area contributed by atoms with Gasteiger partial charge in [-0.3, -0.25) is 15.0 Å². The van der Waals surface area contributed by atoms with Crippen molar-refractivity contribution in [3.8, 4) is 17.3 Å². The van der Waals surface area contributed by atoms with Gasteiger partial charge < -0.3 is 5.73 Å². The smallest absolute Gasteiger partial charge is 0.266 e. The van der Waals surface area contributed by atoms with E-state index >= 15 is 0 Å². The number of nitrogens with zero attached hydrogens (tertiary/aromatic N) is 3. The SMILES string of the molecule is N#CC1=C(N)N(Nc2cc(=O)[nH]nc2-c2ccccc2)C2=C(C(=O)CCC2)[C@H]1c1ccccc1F. The minimum Gasteiger partial charge on any atom is -0.383 e. The number of aromatic amines is 1. The molecule has 1 aromatic heterocycles. The Labute approximate surface area is 200 Å². The van der Waals surface area contributed by atoms with Crippen LogP contribution in [0.25, 0.3) is 11.3 Å². The number of carbonyl (C=O) groups excluding carboxylic acids is 1. The van der Waals surface area contributed by atoms with Gasteiger partial charge in [0.05, 0.1) is 23.2 Å². The van der Waals surface area contributed by atoms with Gasteiger partial charge in [0.25, 0.3) is 5.56 Å². The molecule has 2 aliphatic rings. The Hall–Kier alpha value is -4.71. The first-order chi connectivity index (χ1) is 17.0. The van der Waals surface area contributed by atoms with Crippen molar-refractivity contribution in [3.05, 3.63) is 105 Å². The van der Waals surface area contributed by atoms with Crippen molar-refractivity contribution in [1.29, 1.82) is 5.26 Å². The molecule has 1 atom stereocenters. The lowest BCUT2D eigenvalue weighted by molar-refractivity contribution is -0.116. The number of ketones is 1. The van der Waals surface area contributed by atoms with Gasteiger partial charge in [0.1, 0.15) is 17.3 Å². The Morgan fingerprint density at radius 3 is 2.60 bits per heavy atom. The molecule has 1 aliphatic carbocycles. The number of H-pyrrole nitrogens is 1. The lowest BCUT2D eigenvalue weighted by atomic mass is 9.76. The largest absolute Gasteiger partial charge is 0.383 e. The summed E-state index contributed by atoms with van der Waals surface area (Å²) in [6.07, 6.45) is 1.35. The third-order valence-electron chi connectivity index (χ3n) is 6.22. The van der Waals surface area contributed by atoms with Gasteiger partial charge in [-0.15, -0.1) is 0 Å². The third-order valence-corrected chi connectivity index (χ3v) is 6.22. The Balaban J connectivity index is 1.68. The number of nitriles is 1. The predicted octanol–water partition coefficient (Wildman–Crippen LogP) is 3.70. The molecule has 35 heavy (non-hydrogen) atoms. The third kappa shape index (κ3) is 3.85. The summed E-state index contributed by atoms with van der Waals surface area (Å²) in [6.45, 7) is 0. The van der Waals surface area contributed by atoms with Crippen LogP contribution in [0.4, 0.5) is 10.1 Å². The number of benzene rings is 2. The highest BCUT2D eigenvalue weighted by Crippen LogP contribution is 2.45. The lowest BCUT2D eigenvalue weighted by Crippen LogP contribution is -2.42. The summed E-state index contributed by atoms with van der Waals surface area (Å²) < 4.78 is 14.8. The highest BCUT2D eigenvalue weighted by Gasteiger charge is 2.41. The minimum absolute atomic E-state index is 0.0356. The van der Waals surface area contributed by atoms with E-state index in [2.05, 4.69) is 21.7 Å². The van der Waals surface area contributed by atoms with Gasteiger partial charge >= 0.3 is 0 Å². The molecule has 1 aliphatic heterocycles. The van der Waals surface area contributed by atoms with Crippen LogP contribution in [-0.4, -0.2) is 21.0 Å². The fourth-order valence-corrected chi connectivity index (χ4v) is 4.66. The van der Waals surface area contributed by atoms with Gasteiger partial charge in [-0.2, -0.15) is 10.4 Å². The van der Waals surface area contributed by atoms with Gasteiger partial charge in [0.2, 0.25) is 0 Å². The first-order valence-electron chi connectivity index (χ1n) is 11.1. The molecule has 0 unspecified atom stereocenters. The Morgan fingerprint density at radius 2 is 1.86 bits per heavy atom. The molecule has 3 aromatic rings. The highest BCUT2D eigenvalue weighted by atomic mass is 19.1. The van der Waals surface area contributed by atoms with Gasteiger partial charge in [-0.25, -0.2) is 14.5 Å². The van der Waals surface area contributed by atoms with E-state index in [9.17, 15) is 19.2 Å². The number of nitrogens with two attached hydrogens (primary N) is 1. The summed E-state index contributed by atoms with van der Waals surface area (Å²) in [7, 11) is 0. The highest BCUT2D eigenvalue weighted by molar-refractivity contribution is 6.00. The van der Waals surface area contributed by atoms with Crippen LogP contribution in [0.5, 0.6) is 0 Å². The Kier molecular flexibility index (Phi) is 5.63. The van der Waals surface area contributed by atoms with Crippen molar-refractivity contribution in [2.45, 2.75) is 25.2 Å². The van der Waals surface area contributed by atoms with E-state index in [1.165, 1.54) is 17.1 Å². The van der Waals surface area contributed by atoms with Gasteiger partial charge in [0, 0.05) is 34.9 Å². The molecule has 5 rings (SSSR count). The number of hydrogen-bond acceptors (Lipinski definition) is 7. The monoisotopic (exact) mass is 468 g/mol. The van der Waals surface area contributed by atoms with Gasteiger partial charge in [-0.1, -0.05) is 48.5 Å². The van der Waals surface area contributed by atoms with Gasteiger partial charge in [-0.05, 0) is 18.9 Å². The normalized spacial score (nSPS) is 17.8. The van der Waals surface area contributed by atoms with E-state index < -0.39 is 17.3 Å². The topological polar surface area (TPSA) is 128 Å². The average molecular weight is 468 g/mol. The van der Waals surface area contributed by atoms with Crippen LogP contribution >= 0.6 is 0 Å². The molecule has 9 heteroatoms. The van der Waals surface area contributed by atoms with E-state index in [1.54, 1.807) is 18.2 Å².